The largest absolute Gasteiger partial charge is 0.322 e. The van der Waals surface area contributed by atoms with E-state index in [1.54, 1.807) is 35.2 Å². The van der Waals surface area contributed by atoms with Crippen LogP contribution in [-0.4, -0.2) is 27.0 Å². The predicted molar refractivity (Wildman–Crippen MR) is 103 cm³/mol. The Hall–Kier alpha value is -2.70. The van der Waals surface area contributed by atoms with Gasteiger partial charge in [-0.25, -0.2) is 4.68 Å². The average molecular weight is 388 g/mol. The van der Waals surface area contributed by atoms with Gasteiger partial charge in [0.2, 0.25) is 0 Å². The Morgan fingerprint density at radius 1 is 1.12 bits per heavy atom. The maximum absolute atomic E-state index is 12.4. The third-order valence-electron chi connectivity index (χ3n) is 3.60. The fraction of sp³-hybridized carbons (Fsp3) is 0.111. The SMILES string of the molecule is Cc1nnc(C)n1/N=C\c1cccc(NC(=O)c2ccc(Cl)cc2Cl)c1. The summed E-state index contributed by atoms with van der Waals surface area (Å²) in [4.78, 5) is 12.4. The molecule has 1 N–H and O–H groups in total. The number of aromatic nitrogens is 3. The standard InChI is InChI=1S/C18H15Cl2N5O/c1-11-23-24-12(2)25(11)21-10-13-4-3-5-15(8-13)22-18(26)16-7-6-14(19)9-17(16)20/h3-10H,1-2H3,(H,22,26)/b21-10-. The second-order valence-corrected chi connectivity index (χ2v) is 6.40. The van der Waals surface area contributed by atoms with Gasteiger partial charge in [0.15, 0.2) is 11.6 Å². The molecule has 0 unspecified atom stereocenters. The van der Waals surface area contributed by atoms with Crippen molar-refractivity contribution in [1.29, 1.82) is 0 Å². The van der Waals surface area contributed by atoms with E-state index in [-0.39, 0.29) is 5.91 Å². The summed E-state index contributed by atoms with van der Waals surface area (Å²) >= 11 is 11.9. The third-order valence-corrected chi connectivity index (χ3v) is 4.14. The molecule has 0 radical (unpaired) electrons. The number of aryl methyl sites for hydroxylation is 2. The minimum absolute atomic E-state index is 0.297. The van der Waals surface area contributed by atoms with Gasteiger partial charge in [-0.1, -0.05) is 35.3 Å². The first kappa shape index (κ1) is 18.1. The number of nitrogens with zero attached hydrogens (tertiary/aromatic N) is 4. The lowest BCUT2D eigenvalue weighted by Gasteiger charge is -2.08. The number of halogens is 2. The first-order valence-corrected chi connectivity index (χ1v) is 8.49. The van der Waals surface area contributed by atoms with Gasteiger partial charge in [0.05, 0.1) is 16.8 Å². The number of anilines is 1. The molecule has 1 aromatic heterocycles. The molecule has 0 saturated heterocycles. The lowest BCUT2D eigenvalue weighted by atomic mass is 10.2. The molecule has 0 saturated carbocycles. The summed E-state index contributed by atoms with van der Waals surface area (Å²) in [5.74, 6) is 1.08. The van der Waals surface area contributed by atoms with E-state index in [0.29, 0.717) is 32.9 Å². The number of amides is 1. The van der Waals surface area contributed by atoms with Crippen LogP contribution in [-0.2, 0) is 0 Å². The van der Waals surface area contributed by atoms with Crippen molar-refractivity contribution in [3.63, 3.8) is 0 Å². The van der Waals surface area contributed by atoms with Crippen LogP contribution in [0.5, 0.6) is 0 Å². The van der Waals surface area contributed by atoms with E-state index in [1.165, 1.54) is 6.07 Å². The Kier molecular flexibility index (Phi) is 5.35. The first-order valence-electron chi connectivity index (χ1n) is 7.73. The average Bonchev–Trinajstić information content (AvgIpc) is 2.91. The molecule has 6 nitrogen and oxygen atoms in total. The van der Waals surface area contributed by atoms with Crippen molar-refractivity contribution in [2.45, 2.75) is 13.8 Å². The van der Waals surface area contributed by atoms with Crippen LogP contribution in [0.15, 0.2) is 47.6 Å². The molecule has 1 amide bonds. The number of carbonyl (C=O) groups is 1. The molecule has 2 aromatic carbocycles. The molecule has 8 heteroatoms. The second kappa shape index (κ2) is 7.68. The highest BCUT2D eigenvalue weighted by Gasteiger charge is 2.11. The van der Waals surface area contributed by atoms with Gasteiger partial charge in [-0.3, -0.25) is 4.79 Å². The van der Waals surface area contributed by atoms with Crippen LogP contribution < -0.4 is 5.32 Å². The van der Waals surface area contributed by atoms with Crippen LogP contribution in [0.1, 0.15) is 27.6 Å². The van der Waals surface area contributed by atoms with Gasteiger partial charge in [0.1, 0.15) is 0 Å². The van der Waals surface area contributed by atoms with E-state index < -0.39 is 0 Å². The minimum Gasteiger partial charge on any atom is -0.322 e. The monoisotopic (exact) mass is 387 g/mol. The molecule has 26 heavy (non-hydrogen) atoms. The number of hydrogen-bond acceptors (Lipinski definition) is 4. The lowest BCUT2D eigenvalue weighted by molar-refractivity contribution is 0.102. The number of hydrogen-bond donors (Lipinski definition) is 1. The molecule has 0 aliphatic heterocycles. The van der Waals surface area contributed by atoms with E-state index in [9.17, 15) is 4.79 Å². The van der Waals surface area contributed by atoms with Gasteiger partial charge in [-0.05, 0) is 49.7 Å². The van der Waals surface area contributed by atoms with Crippen LogP contribution in [0.2, 0.25) is 10.0 Å². The summed E-state index contributed by atoms with van der Waals surface area (Å²) < 4.78 is 1.64. The maximum Gasteiger partial charge on any atom is 0.257 e. The smallest absolute Gasteiger partial charge is 0.257 e. The quantitative estimate of drug-likeness (QED) is 0.676. The van der Waals surface area contributed by atoms with Gasteiger partial charge >= 0.3 is 0 Å². The van der Waals surface area contributed by atoms with E-state index in [2.05, 4.69) is 20.6 Å². The minimum atomic E-state index is -0.314. The molecular weight excluding hydrogens is 373 g/mol. The lowest BCUT2D eigenvalue weighted by Crippen LogP contribution is -2.12. The molecule has 132 valence electrons. The van der Waals surface area contributed by atoms with Gasteiger partial charge in [-0.2, -0.15) is 5.10 Å². The van der Waals surface area contributed by atoms with Crippen molar-refractivity contribution in [2.24, 2.45) is 5.10 Å². The molecule has 0 bridgehead atoms. The highest BCUT2D eigenvalue weighted by Crippen LogP contribution is 2.22. The molecule has 3 aromatic rings. The van der Waals surface area contributed by atoms with Crippen molar-refractivity contribution in [3.8, 4) is 0 Å². The van der Waals surface area contributed by atoms with Gasteiger partial charge in [0.25, 0.3) is 5.91 Å². The fourth-order valence-electron chi connectivity index (χ4n) is 2.32. The van der Waals surface area contributed by atoms with Crippen LogP contribution in [0.3, 0.4) is 0 Å². The molecule has 0 atom stereocenters. The van der Waals surface area contributed by atoms with Crippen molar-refractivity contribution < 1.29 is 4.79 Å². The fourth-order valence-corrected chi connectivity index (χ4v) is 2.82. The van der Waals surface area contributed by atoms with E-state index in [0.717, 1.165) is 5.56 Å². The van der Waals surface area contributed by atoms with Crippen molar-refractivity contribution in [1.82, 2.24) is 14.9 Å². The van der Waals surface area contributed by atoms with Crippen LogP contribution >= 0.6 is 23.2 Å². The molecule has 3 rings (SSSR count). The number of nitrogens with one attached hydrogen (secondary N) is 1. The summed E-state index contributed by atoms with van der Waals surface area (Å²) in [6.07, 6.45) is 1.67. The Balaban J connectivity index is 1.78. The first-order chi connectivity index (χ1) is 12.4. The van der Waals surface area contributed by atoms with E-state index in [1.807, 2.05) is 26.0 Å². The predicted octanol–water partition coefficient (Wildman–Crippen LogP) is 4.34. The summed E-state index contributed by atoms with van der Waals surface area (Å²) in [5, 5.41) is 15.9. The molecule has 0 aliphatic rings. The molecule has 1 heterocycles. The number of rotatable bonds is 4. The maximum atomic E-state index is 12.4. The highest BCUT2D eigenvalue weighted by molar-refractivity contribution is 6.37. The highest BCUT2D eigenvalue weighted by atomic mass is 35.5. The zero-order valence-corrected chi connectivity index (χ0v) is 15.6. The second-order valence-electron chi connectivity index (χ2n) is 5.55. The van der Waals surface area contributed by atoms with Crippen molar-refractivity contribution in [2.75, 3.05) is 5.32 Å². The molecule has 0 spiro atoms. The van der Waals surface area contributed by atoms with Crippen LogP contribution in [0.25, 0.3) is 0 Å². The Morgan fingerprint density at radius 3 is 2.54 bits per heavy atom. The number of carbonyl (C=O) groups excluding carboxylic acids is 1. The summed E-state index contributed by atoms with van der Waals surface area (Å²) in [5.41, 5.74) is 1.80. The van der Waals surface area contributed by atoms with E-state index in [4.69, 9.17) is 23.2 Å². The zero-order valence-electron chi connectivity index (χ0n) is 14.1. The number of benzene rings is 2. The third kappa shape index (κ3) is 4.09. The van der Waals surface area contributed by atoms with Crippen molar-refractivity contribution >= 4 is 41.0 Å². The Bertz CT molecular complexity index is 977. The Labute approximate surface area is 160 Å². The topological polar surface area (TPSA) is 72.2 Å². The molecule has 0 aliphatic carbocycles. The van der Waals surface area contributed by atoms with Crippen LogP contribution in [0.4, 0.5) is 5.69 Å². The van der Waals surface area contributed by atoms with Crippen LogP contribution in [0, 0.1) is 13.8 Å². The zero-order chi connectivity index (χ0) is 18.7. The normalized spacial score (nSPS) is 11.1. The van der Waals surface area contributed by atoms with Crippen molar-refractivity contribution in [3.05, 3.63) is 75.3 Å². The Morgan fingerprint density at radius 2 is 1.85 bits per heavy atom. The summed E-state index contributed by atoms with van der Waals surface area (Å²) in [6.45, 7) is 3.65. The van der Waals surface area contributed by atoms with Gasteiger partial charge in [0, 0.05) is 10.7 Å². The van der Waals surface area contributed by atoms with Gasteiger partial charge in [-0.15, -0.1) is 10.2 Å². The van der Waals surface area contributed by atoms with Gasteiger partial charge < -0.3 is 5.32 Å². The molecule has 0 fully saturated rings. The summed E-state index contributed by atoms with van der Waals surface area (Å²) in [7, 11) is 0. The van der Waals surface area contributed by atoms with E-state index >= 15 is 0 Å². The summed E-state index contributed by atoms with van der Waals surface area (Å²) in [6, 6.07) is 12.0. The molecular formula is C18H15Cl2N5O.